The van der Waals surface area contributed by atoms with Crippen LogP contribution >= 0.6 is 11.8 Å². The van der Waals surface area contributed by atoms with Crippen LogP contribution in [0.25, 0.3) is 0 Å². The third-order valence-corrected chi connectivity index (χ3v) is 5.67. The number of hydrogen-bond acceptors (Lipinski definition) is 5. The molecule has 2 fully saturated rings. The van der Waals surface area contributed by atoms with Crippen molar-refractivity contribution in [1.29, 1.82) is 0 Å². The molecule has 0 aliphatic carbocycles. The first kappa shape index (κ1) is 15.6. The van der Waals surface area contributed by atoms with E-state index in [0.717, 1.165) is 44.2 Å². The monoisotopic (exact) mass is 320 g/mol. The molecule has 0 spiro atoms. The highest BCUT2D eigenvalue weighted by atomic mass is 32.2. The Kier molecular flexibility index (Phi) is 4.88. The van der Waals surface area contributed by atoms with Gasteiger partial charge in [0.1, 0.15) is 0 Å². The highest BCUT2D eigenvalue weighted by Gasteiger charge is 2.32. The summed E-state index contributed by atoms with van der Waals surface area (Å²) in [5.41, 5.74) is 2.45. The van der Waals surface area contributed by atoms with Crippen LogP contribution in [0.3, 0.4) is 0 Å². The average molecular weight is 320 g/mol. The summed E-state index contributed by atoms with van der Waals surface area (Å²) in [6.45, 7) is 5.69. The maximum atomic E-state index is 12.7. The molecule has 120 valence electrons. The summed E-state index contributed by atoms with van der Waals surface area (Å²) in [5, 5.41) is 0. The lowest BCUT2D eigenvalue weighted by Crippen LogP contribution is -2.46. The summed E-state index contributed by atoms with van der Waals surface area (Å²) in [5.74, 6) is 2.20. The molecule has 0 N–H and O–H groups in total. The van der Waals surface area contributed by atoms with E-state index >= 15 is 0 Å². The van der Waals surface area contributed by atoms with Gasteiger partial charge in [-0.15, -0.1) is 11.8 Å². The van der Waals surface area contributed by atoms with Crippen molar-refractivity contribution in [3.8, 4) is 0 Å². The minimum Gasteiger partial charge on any atom is -0.369 e. The van der Waals surface area contributed by atoms with Gasteiger partial charge >= 0.3 is 0 Å². The van der Waals surface area contributed by atoms with Crippen molar-refractivity contribution in [2.45, 2.75) is 19.4 Å². The molecule has 6 heteroatoms. The number of likely N-dealkylation sites (N-methyl/N-ethyl adjacent to an activating group) is 1. The minimum absolute atomic E-state index is 0.0687. The van der Waals surface area contributed by atoms with E-state index in [4.69, 9.17) is 0 Å². The fourth-order valence-corrected chi connectivity index (χ4v) is 4.39. The van der Waals surface area contributed by atoms with Gasteiger partial charge in [-0.2, -0.15) is 0 Å². The molecule has 5 nitrogen and oxygen atoms in total. The van der Waals surface area contributed by atoms with Gasteiger partial charge in [-0.25, -0.2) is 0 Å². The second-order valence-electron chi connectivity index (χ2n) is 6.10. The maximum Gasteiger partial charge on any atom is 0.240 e. The molecule has 3 rings (SSSR count). The van der Waals surface area contributed by atoms with Crippen LogP contribution in [0, 0.1) is 6.92 Å². The predicted octanol–water partition coefficient (Wildman–Crippen LogP) is 1.43. The number of pyridine rings is 1. The molecule has 22 heavy (non-hydrogen) atoms. The molecule has 0 aromatic carbocycles. The molecular formula is C16H24N4OS. The third-order valence-electron chi connectivity index (χ3n) is 4.53. The molecule has 0 saturated carbocycles. The van der Waals surface area contributed by atoms with Gasteiger partial charge in [0.25, 0.3) is 0 Å². The summed E-state index contributed by atoms with van der Waals surface area (Å²) in [6.07, 6.45) is 4.78. The maximum absolute atomic E-state index is 12.7. The molecule has 0 radical (unpaired) electrons. The van der Waals surface area contributed by atoms with Gasteiger partial charge in [0.05, 0.1) is 6.04 Å². The van der Waals surface area contributed by atoms with E-state index < -0.39 is 0 Å². The Labute approximate surface area is 136 Å². The largest absolute Gasteiger partial charge is 0.369 e. The summed E-state index contributed by atoms with van der Waals surface area (Å²) in [6, 6.07) is 2.15. The van der Waals surface area contributed by atoms with Crippen molar-refractivity contribution in [3.63, 3.8) is 0 Å². The normalized spacial score (nSPS) is 23.6. The van der Waals surface area contributed by atoms with Crippen LogP contribution in [0.5, 0.6) is 0 Å². The number of nitrogens with zero attached hydrogens (tertiary/aromatic N) is 4. The summed E-state index contributed by atoms with van der Waals surface area (Å²) in [4.78, 5) is 23.5. The van der Waals surface area contributed by atoms with Gasteiger partial charge in [0.2, 0.25) is 5.91 Å². The van der Waals surface area contributed by atoms with Crippen LogP contribution in [0.1, 0.15) is 12.0 Å². The Morgan fingerprint density at radius 3 is 2.91 bits per heavy atom. The van der Waals surface area contributed by atoms with Crippen LogP contribution in [0.4, 0.5) is 5.69 Å². The van der Waals surface area contributed by atoms with Crippen molar-refractivity contribution >= 4 is 23.4 Å². The number of carbonyl (C=O) groups is 1. The van der Waals surface area contributed by atoms with Gasteiger partial charge in [-0.05, 0) is 32.0 Å². The van der Waals surface area contributed by atoms with Crippen LogP contribution in [0.2, 0.25) is 0 Å². The van der Waals surface area contributed by atoms with Crippen molar-refractivity contribution in [2.24, 2.45) is 0 Å². The molecule has 1 amide bonds. The third kappa shape index (κ3) is 3.22. The number of aromatic nitrogens is 1. The Balaban J connectivity index is 1.65. The number of amides is 1. The fraction of sp³-hybridized carbons (Fsp3) is 0.625. The van der Waals surface area contributed by atoms with Crippen molar-refractivity contribution in [1.82, 2.24) is 14.8 Å². The van der Waals surface area contributed by atoms with E-state index in [-0.39, 0.29) is 6.04 Å². The standard InChI is InChI=1S/C16H24N4OS/c1-13-10-17-5-4-14(13)19-6-3-7-20(9-8-19)16(21)15-11-22-12-18(15)2/h4-5,10,15H,3,6-9,11-12H2,1-2H3/t15-/m0/s1. The molecule has 1 atom stereocenters. The highest BCUT2D eigenvalue weighted by Crippen LogP contribution is 2.23. The Hall–Kier alpha value is -1.27. The van der Waals surface area contributed by atoms with Gasteiger partial charge in [0, 0.05) is 55.9 Å². The van der Waals surface area contributed by atoms with Gasteiger partial charge in [-0.1, -0.05) is 0 Å². The Bertz CT molecular complexity index is 539. The van der Waals surface area contributed by atoms with E-state index in [0.29, 0.717) is 5.91 Å². The number of anilines is 1. The second kappa shape index (κ2) is 6.87. The fourth-order valence-electron chi connectivity index (χ4n) is 3.20. The smallest absolute Gasteiger partial charge is 0.240 e. The van der Waals surface area contributed by atoms with Crippen LogP contribution in [0.15, 0.2) is 18.5 Å². The molecule has 1 aromatic heterocycles. The first-order valence-electron chi connectivity index (χ1n) is 7.89. The summed E-state index contributed by atoms with van der Waals surface area (Å²) < 4.78 is 0. The van der Waals surface area contributed by atoms with Gasteiger partial charge in [0.15, 0.2) is 0 Å². The summed E-state index contributed by atoms with van der Waals surface area (Å²) >= 11 is 1.85. The summed E-state index contributed by atoms with van der Waals surface area (Å²) in [7, 11) is 2.05. The predicted molar refractivity (Wildman–Crippen MR) is 91.3 cm³/mol. The van der Waals surface area contributed by atoms with E-state index in [2.05, 4.69) is 32.7 Å². The van der Waals surface area contributed by atoms with Gasteiger partial charge in [-0.3, -0.25) is 14.7 Å². The number of carbonyl (C=O) groups excluding carboxylic acids is 1. The first-order chi connectivity index (χ1) is 10.7. The zero-order valence-electron chi connectivity index (χ0n) is 13.4. The lowest BCUT2D eigenvalue weighted by Gasteiger charge is -2.27. The number of hydrogen-bond donors (Lipinski definition) is 0. The number of aryl methyl sites for hydroxylation is 1. The minimum atomic E-state index is 0.0687. The topological polar surface area (TPSA) is 39.7 Å². The van der Waals surface area contributed by atoms with E-state index in [1.54, 1.807) is 0 Å². The van der Waals surface area contributed by atoms with Crippen LogP contribution in [-0.2, 0) is 4.79 Å². The highest BCUT2D eigenvalue weighted by molar-refractivity contribution is 7.99. The molecule has 3 heterocycles. The van der Waals surface area contributed by atoms with Crippen molar-refractivity contribution in [2.75, 3.05) is 49.8 Å². The number of rotatable bonds is 2. The Morgan fingerprint density at radius 1 is 1.32 bits per heavy atom. The zero-order chi connectivity index (χ0) is 15.5. The quantitative estimate of drug-likeness (QED) is 0.824. The molecule has 0 bridgehead atoms. The lowest BCUT2D eigenvalue weighted by molar-refractivity contribution is -0.134. The van der Waals surface area contributed by atoms with Crippen LogP contribution in [-0.4, -0.2) is 71.6 Å². The molecule has 2 aliphatic rings. The van der Waals surface area contributed by atoms with Crippen LogP contribution < -0.4 is 4.90 Å². The molecular weight excluding hydrogens is 296 g/mol. The van der Waals surface area contributed by atoms with Crippen molar-refractivity contribution < 1.29 is 4.79 Å². The van der Waals surface area contributed by atoms with E-state index in [1.165, 1.54) is 11.3 Å². The van der Waals surface area contributed by atoms with E-state index in [9.17, 15) is 4.79 Å². The molecule has 2 saturated heterocycles. The SMILES string of the molecule is Cc1cnccc1N1CCCN(C(=O)[C@@H]2CSCN2C)CC1. The van der Waals surface area contributed by atoms with Crippen molar-refractivity contribution in [3.05, 3.63) is 24.0 Å². The number of thioether (sulfide) groups is 1. The lowest BCUT2D eigenvalue weighted by atomic mass is 10.2. The van der Waals surface area contributed by atoms with Gasteiger partial charge < -0.3 is 9.80 Å². The second-order valence-corrected chi connectivity index (χ2v) is 7.10. The van der Waals surface area contributed by atoms with E-state index in [1.807, 2.05) is 31.2 Å². The molecule has 2 aliphatic heterocycles. The molecule has 1 aromatic rings. The Morgan fingerprint density at radius 2 is 2.18 bits per heavy atom. The first-order valence-corrected chi connectivity index (χ1v) is 9.04. The average Bonchev–Trinajstić information content (AvgIpc) is 2.80. The zero-order valence-corrected chi connectivity index (χ0v) is 14.2. The molecule has 0 unspecified atom stereocenters.